The molecule has 1 amide bonds. The number of amides is 1. The van der Waals surface area contributed by atoms with E-state index < -0.39 is 0 Å². The number of nitrogens with one attached hydrogen (secondary N) is 1. The van der Waals surface area contributed by atoms with E-state index in [9.17, 15) is 9.90 Å². The van der Waals surface area contributed by atoms with Gasteiger partial charge >= 0.3 is 0 Å². The first-order valence-corrected chi connectivity index (χ1v) is 9.91. The monoisotopic (exact) mass is 397 g/mol. The maximum atomic E-state index is 12.7. The van der Waals surface area contributed by atoms with E-state index in [4.69, 9.17) is 9.47 Å². The molecule has 29 heavy (non-hydrogen) atoms. The van der Waals surface area contributed by atoms with Gasteiger partial charge in [0.15, 0.2) is 0 Å². The van der Waals surface area contributed by atoms with Gasteiger partial charge in [-0.25, -0.2) is 0 Å². The van der Waals surface area contributed by atoms with E-state index in [1.165, 1.54) is 18.9 Å². The van der Waals surface area contributed by atoms with Crippen LogP contribution in [0.15, 0.2) is 36.4 Å². The van der Waals surface area contributed by atoms with E-state index >= 15 is 0 Å². The predicted octanol–water partition coefficient (Wildman–Crippen LogP) is 1.89. The Bertz CT molecular complexity index is 894. The molecular formula is C22H27N3O4. The summed E-state index contributed by atoms with van der Waals surface area (Å²) in [4.78, 5) is 17.4. The number of hydrogen-bond acceptors (Lipinski definition) is 6. The second-order valence-electron chi connectivity index (χ2n) is 7.61. The van der Waals surface area contributed by atoms with Crippen molar-refractivity contribution in [3.8, 4) is 17.2 Å². The van der Waals surface area contributed by atoms with Crippen LogP contribution in [0.25, 0.3) is 0 Å². The Morgan fingerprint density at radius 1 is 1.21 bits per heavy atom. The van der Waals surface area contributed by atoms with E-state index in [-0.39, 0.29) is 23.3 Å². The third-order valence-electron chi connectivity index (χ3n) is 5.63. The summed E-state index contributed by atoms with van der Waals surface area (Å²) < 4.78 is 11.0. The first kappa shape index (κ1) is 19.4. The standard InChI is InChI=1S/C22H27N3O4/c1-24-8-10-25(11-9-24)19-4-3-5-21-18(19)12-15(14-29-21)23-22(27)17-7-6-16(28-2)13-20(17)26/h3-7,13,15,26H,8-12,14H2,1-2H3,(H,23,27). The lowest BCUT2D eigenvalue weighted by Crippen LogP contribution is -2.46. The summed E-state index contributed by atoms with van der Waals surface area (Å²) in [5.74, 6) is 0.974. The number of benzene rings is 2. The first-order valence-electron chi connectivity index (χ1n) is 9.91. The molecule has 154 valence electrons. The van der Waals surface area contributed by atoms with Crippen molar-refractivity contribution < 1.29 is 19.4 Å². The molecule has 0 bridgehead atoms. The number of nitrogens with zero attached hydrogens (tertiary/aromatic N) is 2. The van der Waals surface area contributed by atoms with Gasteiger partial charge in [0.1, 0.15) is 23.9 Å². The number of ether oxygens (including phenoxy) is 2. The van der Waals surface area contributed by atoms with Crippen LogP contribution in [-0.4, -0.2) is 68.9 Å². The number of phenolic OH excluding ortho intramolecular Hbond substituents is 1. The van der Waals surface area contributed by atoms with Crippen LogP contribution in [0.2, 0.25) is 0 Å². The normalized spacial score (nSPS) is 19.2. The lowest BCUT2D eigenvalue weighted by molar-refractivity contribution is 0.0912. The second-order valence-corrected chi connectivity index (χ2v) is 7.61. The summed E-state index contributed by atoms with van der Waals surface area (Å²) in [6, 6.07) is 10.7. The van der Waals surface area contributed by atoms with Crippen LogP contribution in [0.3, 0.4) is 0 Å². The van der Waals surface area contributed by atoms with Crippen molar-refractivity contribution in [3.63, 3.8) is 0 Å². The number of fused-ring (bicyclic) bond motifs is 1. The van der Waals surface area contributed by atoms with Crippen molar-refractivity contribution >= 4 is 11.6 Å². The van der Waals surface area contributed by atoms with Crippen LogP contribution in [0.1, 0.15) is 15.9 Å². The summed E-state index contributed by atoms with van der Waals surface area (Å²) >= 11 is 0. The average Bonchev–Trinajstić information content (AvgIpc) is 2.73. The molecule has 2 heterocycles. The largest absolute Gasteiger partial charge is 0.507 e. The maximum Gasteiger partial charge on any atom is 0.255 e. The highest BCUT2D eigenvalue weighted by Gasteiger charge is 2.27. The van der Waals surface area contributed by atoms with Crippen molar-refractivity contribution in [2.24, 2.45) is 0 Å². The van der Waals surface area contributed by atoms with Crippen LogP contribution in [-0.2, 0) is 6.42 Å². The summed E-state index contributed by atoms with van der Waals surface area (Å²) in [6.45, 7) is 4.41. The predicted molar refractivity (Wildman–Crippen MR) is 111 cm³/mol. The number of piperazine rings is 1. The van der Waals surface area contributed by atoms with Gasteiger partial charge in [-0.3, -0.25) is 4.79 Å². The Kier molecular flexibility index (Phi) is 5.49. The van der Waals surface area contributed by atoms with Crippen molar-refractivity contribution in [1.29, 1.82) is 0 Å². The van der Waals surface area contributed by atoms with E-state index in [2.05, 4.69) is 28.2 Å². The molecule has 0 saturated carbocycles. The van der Waals surface area contributed by atoms with Gasteiger partial charge < -0.3 is 29.7 Å². The van der Waals surface area contributed by atoms with Crippen molar-refractivity contribution in [3.05, 3.63) is 47.5 Å². The van der Waals surface area contributed by atoms with Gasteiger partial charge in [0.05, 0.1) is 18.7 Å². The number of rotatable bonds is 4. The number of hydrogen-bond donors (Lipinski definition) is 2. The topological polar surface area (TPSA) is 74.3 Å². The minimum Gasteiger partial charge on any atom is -0.507 e. The smallest absolute Gasteiger partial charge is 0.255 e. The number of likely N-dealkylation sites (N-methyl/N-ethyl adjacent to an activating group) is 1. The molecule has 4 rings (SSSR count). The molecule has 1 fully saturated rings. The fourth-order valence-electron chi connectivity index (χ4n) is 3.92. The fourth-order valence-corrected chi connectivity index (χ4v) is 3.92. The zero-order valence-electron chi connectivity index (χ0n) is 16.9. The number of methoxy groups -OCH3 is 1. The number of carbonyl (C=O) groups is 1. The van der Waals surface area contributed by atoms with E-state index in [1.54, 1.807) is 12.1 Å². The third-order valence-corrected chi connectivity index (χ3v) is 5.63. The van der Waals surface area contributed by atoms with Crippen LogP contribution in [0.4, 0.5) is 5.69 Å². The molecule has 7 nitrogen and oxygen atoms in total. The molecule has 2 aliphatic heterocycles. The van der Waals surface area contributed by atoms with Gasteiger partial charge in [0.25, 0.3) is 5.91 Å². The SMILES string of the molecule is COc1ccc(C(=O)NC2COc3cccc(N4CCN(C)CC4)c3C2)c(O)c1. The van der Waals surface area contributed by atoms with Gasteiger partial charge in [-0.15, -0.1) is 0 Å². The summed E-state index contributed by atoms with van der Waals surface area (Å²) in [7, 11) is 3.66. The molecule has 1 unspecified atom stereocenters. The second kappa shape index (κ2) is 8.21. The molecule has 0 spiro atoms. The molecular weight excluding hydrogens is 370 g/mol. The highest BCUT2D eigenvalue weighted by Crippen LogP contribution is 2.34. The van der Waals surface area contributed by atoms with Crippen molar-refractivity contribution in [2.45, 2.75) is 12.5 Å². The van der Waals surface area contributed by atoms with Crippen LogP contribution in [0.5, 0.6) is 17.2 Å². The molecule has 2 aromatic rings. The van der Waals surface area contributed by atoms with E-state index in [0.717, 1.165) is 37.5 Å². The highest BCUT2D eigenvalue weighted by atomic mass is 16.5. The highest BCUT2D eigenvalue weighted by molar-refractivity contribution is 5.97. The molecule has 1 atom stereocenters. The number of carbonyl (C=O) groups excluding carboxylic acids is 1. The molecule has 0 aliphatic carbocycles. The zero-order valence-corrected chi connectivity index (χ0v) is 16.9. The van der Waals surface area contributed by atoms with Crippen LogP contribution in [0, 0.1) is 0 Å². The summed E-state index contributed by atoms with van der Waals surface area (Å²) in [6.07, 6.45) is 0.695. The van der Waals surface area contributed by atoms with E-state index in [1.807, 2.05) is 12.1 Å². The van der Waals surface area contributed by atoms with Crippen molar-refractivity contribution in [2.75, 3.05) is 51.8 Å². The van der Waals surface area contributed by atoms with Crippen LogP contribution >= 0.6 is 0 Å². The van der Waals surface area contributed by atoms with Gasteiger partial charge in [-0.1, -0.05) is 6.07 Å². The number of anilines is 1. The summed E-state index contributed by atoms with van der Waals surface area (Å²) in [5, 5.41) is 13.1. The lowest BCUT2D eigenvalue weighted by Gasteiger charge is -2.37. The van der Waals surface area contributed by atoms with Gasteiger partial charge in [0, 0.05) is 49.9 Å². The van der Waals surface area contributed by atoms with Gasteiger partial charge in [0.2, 0.25) is 0 Å². The Hall–Kier alpha value is -2.93. The van der Waals surface area contributed by atoms with Crippen molar-refractivity contribution in [1.82, 2.24) is 10.2 Å². The maximum absolute atomic E-state index is 12.7. The van der Waals surface area contributed by atoms with Gasteiger partial charge in [-0.05, 0) is 31.3 Å². The minimum atomic E-state index is -0.320. The molecule has 1 saturated heterocycles. The Morgan fingerprint density at radius 3 is 2.72 bits per heavy atom. The Balaban J connectivity index is 1.49. The average molecular weight is 397 g/mol. The zero-order chi connectivity index (χ0) is 20.4. The first-order chi connectivity index (χ1) is 14.0. The Labute approximate surface area is 170 Å². The summed E-state index contributed by atoms with van der Waals surface area (Å²) in [5.41, 5.74) is 2.54. The van der Waals surface area contributed by atoms with Crippen LogP contribution < -0.4 is 19.7 Å². The number of aromatic hydroxyl groups is 1. The lowest BCUT2D eigenvalue weighted by atomic mass is 9.99. The quantitative estimate of drug-likeness (QED) is 0.821. The third kappa shape index (κ3) is 4.10. The molecule has 2 aromatic carbocycles. The number of phenols is 1. The molecule has 2 aliphatic rings. The van der Waals surface area contributed by atoms with Gasteiger partial charge in [-0.2, -0.15) is 0 Å². The Morgan fingerprint density at radius 2 is 2.00 bits per heavy atom. The minimum absolute atomic E-state index is 0.0999. The molecule has 0 aromatic heterocycles. The molecule has 0 radical (unpaired) electrons. The fraction of sp³-hybridized carbons (Fsp3) is 0.409. The molecule has 7 heteroatoms. The molecule has 2 N–H and O–H groups in total. The van der Waals surface area contributed by atoms with E-state index in [0.29, 0.717) is 18.8 Å².